The quantitative estimate of drug-likeness (QED) is 0.0199. The van der Waals surface area contributed by atoms with Gasteiger partial charge in [-0.3, -0.25) is 14.4 Å². The highest BCUT2D eigenvalue weighted by Gasteiger charge is 2.19. The van der Waals surface area contributed by atoms with Crippen LogP contribution in [-0.4, -0.2) is 37.2 Å². The van der Waals surface area contributed by atoms with Gasteiger partial charge >= 0.3 is 17.9 Å². The minimum absolute atomic E-state index is 0.124. The second-order valence-electron chi connectivity index (χ2n) is 16.1. The van der Waals surface area contributed by atoms with Crippen molar-refractivity contribution in [3.05, 3.63) is 146 Å². The van der Waals surface area contributed by atoms with E-state index in [4.69, 9.17) is 14.2 Å². The van der Waals surface area contributed by atoms with Crippen molar-refractivity contribution in [3.8, 4) is 0 Å². The number of allylic oxidation sites excluding steroid dienone is 24. The smallest absolute Gasteiger partial charge is 0.306 e. The molecule has 0 bridgehead atoms. The molecule has 0 aromatic rings. The SMILES string of the molecule is CC\C=C/C=C\C=C/CCCCCCCCCC(=O)OC(COC(=O)CC/C=C\C/C=C\C/C=C\C/C=C\C/C=C\C/C=C\CC)COC(=O)CCCCCCC\C=C/C=C\C=C/CC. The van der Waals surface area contributed by atoms with Crippen molar-refractivity contribution in [1.82, 2.24) is 0 Å². The number of hydrogen-bond acceptors (Lipinski definition) is 6. The molecule has 0 radical (unpaired) electrons. The third-order valence-corrected chi connectivity index (χ3v) is 9.96. The second kappa shape index (κ2) is 51.9. The molecule has 0 saturated heterocycles. The summed E-state index contributed by atoms with van der Waals surface area (Å²) < 4.78 is 16.7. The largest absolute Gasteiger partial charge is 0.462 e. The first-order valence-corrected chi connectivity index (χ1v) is 25.4. The van der Waals surface area contributed by atoms with E-state index in [1.807, 2.05) is 18.2 Å². The van der Waals surface area contributed by atoms with Crippen molar-refractivity contribution in [2.24, 2.45) is 0 Å². The molecule has 0 aliphatic heterocycles. The van der Waals surface area contributed by atoms with Gasteiger partial charge in [-0.1, -0.05) is 218 Å². The summed E-state index contributed by atoms with van der Waals surface area (Å²) in [6.45, 7) is 6.14. The van der Waals surface area contributed by atoms with Crippen LogP contribution in [-0.2, 0) is 28.6 Å². The van der Waals surface area contributed by atoms with E-state index in [1.54, 1.807) is 0 Å². The van der Waals surface area contributed by atoms with Crippen molar-refractivity contribution in [3.63, 3.8) is 0 Å². The van der Waals surface area contributed by atoms with E-state index in [0.717, 1.165) is 122 Å². The standard InChI is InChI=1S/C59H90O6/c1-4-7-10-13-16-19-22-25-27-28-29-30-32-34-37-40-43-46-49-52-58(61)64-55-56(54-63-57(60)51-48-45-42-39-36-33-24-21-18-15-12-9-6-3)65-59(62)53-50-47-44-41-38-35-31-26-23-20-17-14-11-8-5-2/h7-12,14-21,23-25,27,29-30,34,37,43,46,56H,4-6,13,22,26,28,31-33,35-36,38-42,44-45,47-55H2,1-3H3/b10-7-,11-8-,12-9-,17-14-,18-15-,19-16-,23-20-,24-21-,27-25-,30-29-,37-34-,46-43-. The molecule has 0 N–H and O–H groups in total. The molecule has 0 aromatic carbocycles. The first-order chi connectivity index (χ1) is 32.0. The normalized spacial score (nSPS) is 13.3. The molecular weight excluding hydrogens is 805 g/mol. The summed E-state index contributed by atoms with van der Waals surface area (Å²) in [5, 5.41) is 0. The van der Waals surface area contributed by atoms with Crippen molar-refractivity contribution >= 4 is 17.9 Å². The fourth-order valence-corrected chi connectivity index (χ4v) is 6.23. The Kier molecular flexibility index (Phi) is 48.2. The van der Waals surface area contributed by atoms with Gasteiger partial charge in [-0.15, -0.1) is 0 Å². The van der Waals surface area contributed by atoms with Gasteiger partial charge in [-0.2, -0.15) is 0 Å². The summed E-state index contributed by atoms with van der Waals surface area (Å²) in [6, 6.07) is 0. The lowest BCUT2D eigenvalue weighted by Crippen LogP contribution is -2.30. The van der Waals surface area contributed by atoms with Crippen LogP contribution >= 0.6 is 0 Å². The van der Waals surface area contributed by atoms with Crippen molar-refractivity contribution in [2.75, 3.05) is 13.2 Å². The van der Waals surface area contributed by atoms with Gasteiger partial charge in [0.15, 0.2) is 6.10 Å². The van der Waals surface area contributed by atoms with E-state index in [9.17, 15) is 14.4 Å². The fraction of sp³-hybridized carbons (Fsp3) is 0.542. The van der Waals surface area contributed by atoms with E-state index >= 15 is 0 Å². The van der Waals surface area contributed by atoms with Gasteiger partial charge in [0.1, 0.15) is 13.2 Å². The average Bonchev–Trinajstić information content (AvgIpc) is 3.30. The molecule has 0 aromatic heterocycles. The zero-order valence-corrected chi connectivity index (χ0v) is 41.2. The molecule has 0 amide bonds. The van der Waals surface area contributed by atoms with E-state index in [2.05, 4.69) is 148 Å². The minimum atomic E-state index is -0.829. The molecule has 0 saturated carbocycles. The molecule has 6 heteroatoms. The number of rotatable bonds is 43. The Hall–Kier alpha value is -4.71. The molecule has 6 nitrogen and oxygen atoms in total. The number of unbranched alkanes of at least 4 members (excludes halogenated alkanes) is 12. The van der Waals surface area contributed by atoms with Gasteiger partial charge in [0.25, 0.3) is 0 Å². The van der Waals surface area contributed by atoms with Gasteiger partial charge in [0.2, 0.25) is 0 Å². The second-order valence-corrected chi connectivity index (χ2v) is 16.1. The molecule has 0 rings (SSSR count). The molecule has 0 aliphatic rings. The van der Waals surface area contributed by atoms with Crippen LogP contribution in [0.3, 0.4) is 0 Å². The van der Waals surface area contributed by atoms with E-state index < -0.39 is 6.10 Å². The molecular formula is C59H90O6. The Balaban J connectivity index is 4.57. The fourth-order valence-electron chi connectivity index (χ4n) is 6.23. The number of carbonyl (C=O) groups excluding carboxylic acids is 3. The molecule has 65 heavy (non-hydrogen) atoms. The summed E-state index contributed by atoms with van der Waals surface area (Å²) in [5.41, 5.74) is 0. The topological polar surface area (TPSA) is 78.9 Å². The van der Waals surface area contributed by atoms with Crippen LogP contribution in [0.15, 0.2) is 146 Å². The predicted molar refractivity (Wildman–Crippen MR) is 279 cm³/mol. The lowest BCUT2D eigenvalue weighted by molar-refractivity contribution is -0.166. The van der Waals surface area contributed by atoms with E-state index in [0.29, 0.717) is 12.8 Å². The van der Waals surface area contributed by atoms with Crippen LogP contribution in [0.5, 0.6) is 0 Å². The Morgan fingerprint density at radius 2 is 0.662 bits per heavy atom. The van der Waals surface area contributed by atoms with Crippen molar-refractivity contribution in [1.29, 1.82) is 0 Å². The van der Waals surface area contributed by atoms with Crippen molar-refractivity contribution in [2.45, 2.75) is 194 Å². The number of esters is 3. The van der Waals surface area contributed by atoms with Gasteiger partial charge < -0.3 is 14.2 Å². The lowest BCUT2D eigenvalue weighted by Gasteiger charge is -2.18. The number of carbonyl (C=O) groups is 3. The lowest BCUT2D eigenvalue weighted by atomic mass is 10.1. The monoisotopic (exact) mass is 895 g/mol. The average molecular weight is 895 g/mol. The van der Waals surface area contributed by atoms with Crippen LogP contribution in [0.4, 0.5) is 0 Å². The van der Waals surface area contributed by atoms with Gasteiger partial charge in [-0.05, 0) is 96.3 Å². The van der Waals surface area contributed by atoms with Crippen molar-refractivity contribution < 1.29 is 28.6 Å². The summed E-state index contributed by atoms with van der Waals surface area (Å²) in [4.78, 5) is 38.0. The molecule has 0 fully saturated rings. The van der Waals surface area contributed by atoms with Gasteiger partial charge in [-0.25, -0.2) is 0 Å². The summed E-state index contributed by atoms with van der Waals surface area (Å²) in [5.74, 6) is -1.06. The summed E-state index contributed by atoms with van der Waals surface area (Å²) in [7, 11) is 0. The Labute approximate surface area is 397 Å². The molecule has 1 unspecified atom stereocenters. The van der Waals surface area contributed by atoms with Crippen LogP contribution in [0.1, 0.15) is 188 Å². The van der Waals surface area contributed by atoms with Gasteiger partial charge in [0, 0.05) is 19.3 Å². The van der Waals surface area contributed by atoms with Crippen LogP contribution < -0.4 is 0 Å². The number of ether oxygens (including phenoxy) is 3. The van der Waals surface area contributed by atoms with E-state index in [-0.39, 0.29) is 44.0 Å². The Morgan fingerprint density at radius 1 is 0.323 bits per heavy atom. The molecule has 362 valence electrons. The van der Waals surface area contributed by atoms with Crippen LogP contribution in [0.25, 0.3) is 0 Å². The highest BCUT2D eigenvalue weighted by atomic mass is 16.6. The first-order valence-electron chi connectivity index (χ1n) is 25.4. The molecule has 0 heterocycles. The Bertz CT molecular complexity index is 1490. The Morgan fingerprint density at radius 3 is 1.09 bits per heavy atom. The predicted octanol–water partition coefficient (Wildman–Crippen LogP) is 16.9. The summed E-state index contributed by atoms with van der Waals surface area (Å²) >= 11 is 0. The zero-order chi connectivity index (χ0) is 47.2. The molecule has 0 spiro atoms. The molecule has 1 atom stereocenters. The maximum Gasteiger partial charge on any atom is 0.306 e. The van der Waals surface area contributed by atoms with Crippen LogP contribution in [0.2, 0.25) is 0 Å². The first kappa shape index (κ1) is 60.3. The zero-order valence-electron chi connectivity index (χ0n) is 41.2. The third-order valence-electron chi connectivity index (χ3n) is 9.96. The molecule has 0 aliphatic carbocycles. The maximum atomic E-state index is 12.8. The highest BCUT2D eigenvalue weighted by molar-refractivity contribution is 5.71. The minimum Gasteiger partial charge on any atom is -0.462 e. The number of hydrogen-bond donors (Lipinski definition) is 0. The van der Waals surface area contributed by atoms with Gasteiger partial charge in [0.05, 0.1) is 0 Å². The highest BCUT2D eigenvalue weighted by Crippen LogP contribution is 2.13. The summed E-state index contributed by atoms with van der Waals surface area (Å²) in [6.07, 6.45) is 74.1. The maximum absolute atomic E-state index is 12.8. The van der Waals surface area contributed by atoms with E-state index in [1.165, 1.54) is 19.3 Å². The third kappa shape index (κ3) is 50.2. The van der Waals surface area contributed by atoms with Crippen LogP contribution in [0, 0.1) is 0 Å².